The number of halogens is 1. The van der Waals surface area contributed by atoms with Crippen LogP contribution in [-0.4, -0.2) is 48.3 Å². The Bertz CT molecular complexity index is 1570. The van der Waals surface area contributed by atoms with Crippen LogP contribution in [-0.2, 0) is 9.53 Å². The van der Waals surface area contributed by atoms with Crippen molar-refractivity contribution in [1.29, 1.82) is 0 Å². The molecule has 0 spiro atoms. The molecule has 1 saturated carbocycles. The van der Waals surface area contributed by atoms with Gasteiger partial charge in [0.2, 0.25) is 0 Å². The molecule has 2 aliphatic rings. The second kappa shape index (κ2) is 12.4. The number of hydrogen-bond acceptors (Lipinski definition) is 8. The lowest BCUT2D eigenvalue weighted by molar-refractivity contribution is -0.384. The number of benzene rings is 3. The zero-order chi connectivity index (χ0) is 29.8. The normalized spacial score (nSPS) is 18.7. The molecule has 5 rings (SSSR count). The van der Waals surface area contributed by atoms with E-state index in [0.717, 1.165) is 53.5 Å². The predicted octanol–water partition coefficient (Wildman–Crippen LogP) is 6.25. The molecule has 216 valence electrons. The van der Waals surface area contributed by atoms with Crippen molar-refractivity contribution in [1.82, 2.24) is 5.01 Å². The standard InChI is InChI=1S/C31H28ClN3O7/c1-40-23-11-6-19(7-12-23)16-21-4-3-5-25-29(21)33-34(30(25)20-8-13-24(41-2)14-9-20)28(36)18-42-31(37)22-10-15-26(32)27(17-22)35(38)39/h6-17,25,30H,3-5,18H2,1-2H3. The number of nitrogens with zero attached hydrogens (tertiary/aromatic N) is 3. The molecule has 10 nitrogen and oxygen atoms in total. The minimum absolute atomic E-state index is 0.0600. The summed E-state index contributed by atoms with van der Waals surface area (Å²) in [4.78, 5) is 36.8. The van der Waals surface area contributed by atoms with Crippen LogP contribution < -0.4 is 9.47 Å². The third-order valence-electron chi connectivity index (χ3n) is 7.38. The van der Waals surface area contributed by atoms with Crippen LogP contribution in [0.3, 0.4) is 0 Å². The van der Waals surface area contributed by atoms with Crippen LogP contribution >= 0.6 is 11.6 Å². The molecule has 1 aliphatic heterocycles. The van der Waals surface area contributed by atoms with E-state index in [2.05, 4.69) is 6.08 Å². The zero-order valence-electron chi connectivity index (χ0n) is 23.0. The number of esters is 1. The number of nitro benzene ring substituents is 1. The van der Waals surface area contributed by atoms with Crippen LogP contribution in [0.15, 0.2) is 77.4 Å². The number of methoxy groups -OCH3 is 2. The van der Waals surface area contributed by atoms with Gasteiger partial charge in [-0.1, -0.05) is 35.9 Å². The number of carbonyl (C=O) groups is 2. The molecular weight excluding hydrogens is 562 g/mol. The maximum absolute atomic E-state index is 13.6. The van der Waals surface area contributed by atoms with E-state index in [-0.39, 0.29) is 16.5 Å². The smallest absolute Gasteiger partial charge is 0.338 e. The van der Waals surface area contributed by atoms with E-state index in [9.17, 15) is 19.7 Å². The van der Waals surface area contributed by atoms with Crippen LogP contribution in [0.25, 0.3) is 6.08 Å². The molecule has 42 heavy (non-hydrogen) atoms. The van der Waals surface area contributed by atoms with Gasteiger partial charge >= 0.3 is 5.97 Å². The van der Waals surface area contributed by atoms with Crippen molar-refractivity contribution in [2.24, 2.45) is 11.0 Å². The van der Waals surface area contributed by atoms with Crippen molar-refractivity contribution in [3.63, 3.8) is 0 Å². The van der Waals surface area contributed by atoms with Gasteiger partial charge in [0.15, 0.2) is 6.61 Å². The lowest BCUT2D eigenvalue weighted by Crippen LogP contribution is -2.34. The van der Waals surface area contributed by atoms with Crippen LogP contribution in [0.2, 0.25) is 5.02 Å². The van der Waals surface area contributed by atoms with Gasteiger partial charge in [-0.3, -0.25) is 14.9 Å². The Balaban J connectivity index is 1.42. The van der Waals surface area contributed by atoms with E-state index < -0.39 is 35.1 Å². The summed E-state index contributed by atoms with van der Waals surface area (Å²) < 4.78 is 15.9. The number of hydrogen-bond donors (Lipinski definition) is 0. The lowest BCUT2D eigenvalue weighted by atomic mass is 9.77. The summed E-state index contributed by atoms with van der Waals surface area (Å²) >= 11 is 5.85. The highest BCUT2D eigenvalue weighted by Crippen LogP contribution is 2.44. The topological polar surface area (TPSA) is 121 Å². The largest absolute Gasteiger partial charge is 0.497 e. The third kappa shape index (κ3) is 5.99. The fraction of sp³-hybridized carbons (Fsp3) is 0.258. The van der Waals surface area contributed by atoms with Crippen molar-refractivity contribution in [3.05, 3.63) is 104 Å². The third-order valence-corrected chi connectivity index (χ3v) is 7.70. The van der Waals surface area contributed by atoms with Gasteiger partial charge < -0.3 is 14.2 Å². The van der Waals surface area contributed by atoms with Crippen LogP contribution in [0.5, 0.6) is 11.5 Å². The molecular formula is C31H28ClN3O7. The minimum Gasteiger partial charge on any atom is -0.497 e. The highest BCUT2D eigenvalue weighted by molar-refractivity contribution is 6.32. The molecule has 0 bridgehead atoms. The molecule has 0 aromatic heterocycles. The average molecular weight is 590 g/mol. The van der Waals surface area contributed by atoms with Gasteiger partial charge in [-0.05, 0) is 78.4 Å². The van der Waals surface area contributed by atoms with Crippen molar-refractivity contribution < 1.29 is 28.7 Å². The second-order valence-corrected chi connectivity index (χ2v) is 10.3. The first kappa shape index (κ1) is 28.8. The van der Waals surface area contributed by atoms with Gasteiger partial charge in [0, 0.05) is 12.0 Å². The highest BCUT2D eigenvalue weighted by atomic mass is 35.5. The van der Waals surface area contributed by atoms with E-state index >= 15 is 0 Å². The maximum atomic E-state index is 13.6. The van der Waals surface area contributed by atoms with E-state index in [0.29, 0.717) is 5.75 Å². The maximum Gasteiger partial charge on any atom is 0.338 e. The summed E-state index contributed by atoms with van der Waals surface area (Å²) in [6, 6.07) is 18.4. The molecule has 0 saturated heterocycles. The fourth-order valence-electron chi connectivity index (χ4n) is 5.30. The molecule has 1 aliphatic carbocycles. The fourth-order valence-corrected chi connectivity index (χ4v) is 5.49. The summed E-state index contributed by atoms with van der Waals surface area (Å²) in [5, 5.41) is 17.3. The molecule has 1 amide bonds. The minimum atomic E-state index is -0.881. The van der Waals surface area contributed by atoms with Crippen molar-refractivity contribution in [2.45, 2.75) is 25.3 Å². The Labute approximate surface area is 247 Å². The van der Waals surface area contributed by atoms with Crippen LogP contribution in [0.1, 0.15) is 46.8 Å². The van der Waals surface area contributed by atoms with Gasteiger partial charge in [-0.25, -0.2) is 9.80 Å². The molecule has 1 heterocycles. The van der Waals surface area contributed by atoms with Gasteiger partial charge in [-0.2, -0.15) is 5.10 Å². The number of ether oxygens (including phenoxy) is 3. The monoisotopic (exact) mass is 589 g/mol. The van der Waals surface area contributed by atoms with E-state index in [1.807, 2.05) is 48.5 Å². The first-order valence-corrected chi connectivity index (χ1v) is 13.7. The van der Waals surface area contributed by atoms with Crippen molar-refractivity contribution in [3.8, 4) is 11.5 Å². The SMILES string of the molecule is COc1ccc(C=C2CCCC3C2=NN(C(=O)COC(=O)c2ccc(Cl)c([N+](=O)[O-])c2)C3c2ccc(OC)cc2)cc1. The van der Waals surface area contributed by atoms with Crippen LogP contribution in [0, 0.1) is 16.0 Å². The Kier molecular flexibility index (Phi) is 8.53. The first-order valence-electron chi connectivity index (χ1n) is 13.3. The molecule has 0 radical (unpaired) electrons. The number of rotatable bonds is 8. The number of carbonyl (C=O) groups excluding carboxylic acids is 2. The predicted molar refractivity (Wildman–Crippen MR) is 157 cm³/mol. The van der Waals surface area contributed by atoms with E-state index in [4.69, 9.17) is 30.9 Å². The Morgan fingerprint density at radius 3 is 2.36 bits per heavy atom. The number of nitro groups is 1. The highest BCUT2D eigenvalue weighted by Gasteiger charge is 2.44. The molecule has 2 unspecified atom stereocenters. The second-order valence-electron chi connectivity index (χ2n) is 9.88. The molecule has 2 atom stereocenters. The molecule has 11 heteroatoms. The Morgan fingerprint density at radius 2 is 1.71 bits per heavy atom. The average Bonchev–Trinajstić information content (AvgIpc) is 3.41. The quantitative estimate of drug-likeness (QED) is 0.173. The number of allylic oxidation sites excluding steroid dienone is 1. The summed E-state index contributed by atoms with van der Waals surface area (Å²) in [5.74, 6) is -0.0107. The van der Waals surface area contributed by atoms with Crippen molar-refractivity contribution >= 4 is 41.0 Å². The Hall–Kier alpha value is -4.70. The van der Waals surface area contributed by atoms with Gasteiger partial charge in [0.1, 0.15) is 16.5 Å². The summed E-state index contributed by atoms with van der Waals surface area (Å²) in [5.41, 5.74) is 3.21. The number of hydrazone groups is 1. The number of fused-ring (bicyclic) bond motifs is 1. The van der Waals surface area contributed by atoms with E-state index in [1.54, 1.807) is 14.2 Å². The van der Waals surface area contributed by atoms with Crippen molar-refractivity contribution in [2.75, 3.05) is 20.8 Å². The molecule has 3 aromatic carbocycles. The Morgan fingerprint density at radius 1 is 1.05 bits per heavy atom. The summed E-state index contributed by atoms with van der Waals surface area (Å²) in [6.07, 6.45) is 4.64. The van der Waals surface area contributed by atoms with Gasteiger partial charge in [0.05, 0.1) is 36.5 Å². The lowest BCUT2D eigenvalue weighted by Gasteiger charge is -2.29. The summed E-state index contributed by atoms with van der Waals surface area (Å²) in [6.45, 7) is -0.594. The first-order chi connectivity index (χ1) is 20.3. The van der Waals surface area contributed by atoms with Gasteiger partial charge in [-0.15, -0.1) is 0 Å². The van der Waals surface area contributed by atoms with E-state index in [1.165, 1.54) is 17.1 Å². The molecule has 3 aromatic rings. The number of amides is 1. The van der Waals surface area contributed by atoms with Gasteiger partial charge in [0.25, 0.3) is 11.6 Å². The molecule has 0 N–H and O–H groups in total. The zero-order valence-corrected chi connectivity index (χ0v) is 23.7. The summed E-state index contributed by atoms with van der Waals surface area (Å²) in [7, 11) is 3.20. The molecule has 1 fully saturated rings. The van der Waals surface area contributed by atoms with Crippen LogP contribution in [0.4, 0.5) is 5.69 Å².